The molecule has 11 heteroatoms. The molecule has 0 saturated carbocycles. The summed E-state index contributed by atoms with van der Waals surface area (Å²) in [6.45, 7) is 0. The zero-order chi connectivity index (χ0) is 14.8. The third kappa shape index (κ3) is 3.69. The molecule has 0 amide bonds. The lowest BCUT2D eigenvalue weighted by atomic mass is 10.1. The quantitative estimate of drug-likeness (QED) is 0.622. The number of nitrogens with one attached hydrogen (secondary N) is 1. The van der Waals surface area contributed by atoms with Gasteiger partial charge in [-0.1, -0.05) is 0 Å². The van der Waals surface area contributed by atoms with Gasteiger partial charge < -0.3 is 14.8 Å². The van der Waals surface area contributed by atoms with Crippen molar-refractivity contribution in [1.29, 1.82) is 0 Å². The number of aromatic nitrogens is 1. The molecule has 104 valence electrons. The van der Waals surface area contributed by atoms with Crippen LogP contribution in [0.2, 0.25) is 0 Å². The van der Waals surface area contributed by atoms with E-state index in [9.17, 15) is 32.9 Å². The molecule has 1 aromatic rings. The van der Waals surface area contributed by atoms with Crippen LogP contribution in [0, 0.1) is 10.1 Å². The molecule has 1 aromatic heterocycles. The Kier molecular flexibility index (Phi) is 3.77. The van der Waals surface area contributed by atoms with Gasteiger partial charge in [0, 0.05) is 0 Å². The van der Waals surface area contributed by atoms with E-state index in [-0.39, 0.29) is 0 Å². The minimum Gasteiger partial charge on any atom is -0.481 e. The Hall–Kier alpha value is -2.59. The number of carboxylic acids is 1. The molecule has 0 saturated heterocycles. The third-order valence-corrected chi connectivity index (χ3v) is 1.86. The molecule has 2 N–H and O–H groups in total. The molecule has 1 heterocycles. The van der Waals surface area contributed by atoms with E-state index in [0.717, 1.165) is 0 Å². The molecule has 0 aliphatic heterocycles. The van der Waals surface area contributed by atoms with Crippen molar-refractivity contribution in [2.75, 3.05) is 0 Å². The summed E-state index contributed by atoms with van der Waals surface area (Å²) < 4.78 is 39.4. The number of nitro groups is 1. The smallest absolute Gasteiger partial charge is 0.481 e. The lowest BCUT2D eigenvalue weighted by Crippen LogP contribution is -2.23. The van der Waals surface area contributed by atoms with Crippen LogP contribution >= 0.6 is 0 Å². The Morgan fingerprint density at radius 3 is 2.53 bits per heavy atom. The maximum Gasteiger partial charge on any atom is 0.573 e. The van der Waals surface area contributed by atoms with E-state index in [2.05, 4.69) is 4.74 Å². The van der Waals surface area contributed by atoms with Crippen molar-refractivity contribution in [3.63, 3.8) is 0 Å². The zero-order valence-corrected chi connectivity index (χ0v) is 8.85. The zero-order valence-electron chi connectivity index (χ0n) is 8.85. The molecule has 0 spiro atoms. The standard InChI is InChI=1S/C8H5F3N2O6/c9-8(10,11)19-4-2-12-7(16)3(1-5(14)15)6(4)13(17)18/h2H,1H2,(H,12,16)(H,14,15). The monoisotopic (exact) mass is 282 g/mol. The van der Waals surface area contributed by atoms with Crippen molar-refractivity contribution < 1.29 is 32.7 Å². The van der Waals surface area contributed by atoms with Crippen LogP contribution in [0.4, 0.5) is 18.9 Å². The number of halogens is 3. The van der Waals surface area contributed by atoms with Gasteiger partial charge in [-0.3, -0.25) is 19.7 Å². The number of pyridine rings is 1. The van der Waals surface area contributed by atoms with Gasteiger partial charge in [-0.2, -0.15) is 0 Å². The molecule has 8 nitrogen and oxygen atoms in total. The fourth-order valence-corrected chi connectivity index (χ4v) is 1.26. The van der Waals surface area contributed by atoms with Gasteiger partial charge in [0.05, 0.1) is 17.5 Å². The average molecular weight is 282 g/mol. The average Bonchev–Trinajstić information content (AvgIpc) is 2.19. The van der Waals surface area contributed by atoms with Crippen molar-refractivity contribution in [3.8, 4) is 5.75 Å². The fraction of sp³-hybridized carbons (Fsp3) is 0.250. The third-order valence-electron chi connectivity index (χ3n) is 1.86. The summed E-state index contributed by atoms with van der Waals surface area (Å²) in [7, 11) is 0. The molecule has 0 aromatic carbocycles. The molecule has 1 rings (SSSR count). The van der Waals surface area contributed by atoms with E-state index in [4.69, 9.17) is 5.11 Å². The van der Waals surface area contributed by atoms with Gasteiger partial charge >= 0.3 is 18.0 Å². The van der Waals surface area contributed by atoms with Gasteiger partial charge in [0.25, 0.3) is 5.56 Å². The first-order valence-electron chi connectivity index (χ1n) is 4.48. The second kappa shape index (κ2) is 4.96. The summed E-state index contributed by atoms with van der Waals surface area (Å²) in [6, 6.07) is 0. The second-order valence-corrected chi connectivity index (χ2v) is 3.18. The Morgan fingerprint density at radius 1 is 1.53 bits per heavy atom. The molecule has 0 aliphatic rings. The molecule has 0 unspecified atom stereocenters. The van der Waals surface area contributed by atoms with Crippen molar-refractivity contribution in [2.45, 2.75) is 12.8 Å². The molecule has 19 heavy (non-hydrogen) atoms. The van der Waals surface area contributed by atoms with Crippen LogP contribution in [-0.4, -0.2) is 27.3 Å². The summed E-state index contributed by atoms with van der Waals surface area (Å²) in [5.41, 5.74) is -3.44. The van der Waals surface area contributed by atoms with E-state index in [1.165, 1.54) is 0 Å². The van der Waals surface area contributed by atoms with Crippen LogP contribution in [0.15, 0.2) is 11.0 Å². The number of ether oxygens (including phenoxy) is 1. The highest BCUT2D eigenvalue weighted by atomic mass is 19.4. The van der Waals surface area contributed by atoms with Crippen molar-refractivity contribution in [2.24, 2.45) is 0 Å². The number of rotatable bonds is 4. The number of H-pyrrole nitrogens is 1. The molecule has 0 aliphatic carbocycles. The van der Waals surface area contributed by atoms with Gasteiger partial charge in [0.1, 0.15) is 5.56 Å². The van der Waals surface area contributed by atoms with E-state index in [0.29, 0.717) is 6.20 Å². The predicted molar refractivity (Wildman–Crippen MR) is 51.7 cm³/mol. The molecule has 0 radical (unpaired) electrons. The normalized spacial score (nSPS) is 11.1. The van der Waals surface area contributed by atoms with Gasteiger partial charge in [-0.15, -0.1) is 13.2 Å². The van der Waals surface area contributed by atoms with Crippen molar-refractivity contribution in [1.82, 2.24) is 4.98 Å². The minimum atomic E-state index is -5.22. The van der Waals surface area contributed by atoms with Gasteiger partial charge in [0.15, 0.2) is 0 Å². The number of aliphatic carboxylic acids is 1. The van der Waals surface area contributed by atoms with Crippen LogP contribution in [0.3, 0.4) is 0 Å². The maximum absolute atomic E-state index is 12.0. The molecular formula is C8H5F3N2O6. The van der Waals surface area contributed by atoms with Crippen LogP contribution in [0.1, 0.15) is 5.56 Å². The highest BCUT2D eigenvalue weighted by Crippen LogP contribution is 2.32. The highest BCUT2D eigenvalue weighted by Gasteiger charge is 2.36. The lowest BCUT2D eigenvalue weighted by molar-refractivity contribution is -0.389. The van der Waals surface area contributed by atoms with E-state index >= 15 is 0 Å². The summed E-state index contributed by atoms with van der Waals surface area (Å²) in [5, 5.41) is 19.2. The van der Waals surface area contributed by atoms with Gasteiger partial charge in [0.2, 0.25) is 5.75 Å². The van der Waals surface area contributed by atoms with Crippen LogP contribution in [0.5, 0.6) is 5.75 Å². The predicted octanol–water partition coefficient (Wildman–Crippen LogP) is 0.809. The molecule has 0 atom stereocenters. The Bertz CT molecular complexity index is 579. The molecular weight excluding hydrogens is 277 g/mol. The van der Waals surface area contributed by atoms with Crippen molar-refractivity contribution in [3.05, 3.63) is 32.2 Å². The van der Waals surface area contributed by atoms with Crippen molar-refractivity contribution >= 4 is 11.7 Å². The number of carbonyl (C=O) groups is 1. The highest BCUT2D eigenvalue weighted by molar-refractivity contribution is 5.72. The number of hydrogen-bond donors (Lipinski definition) is 2. The Labute approximate surface area is 101 Å². The maximum atomic E-state index is 12.0. The topological polar surface area (TPSA) is 123 Å². The van der Waals surface area contributed by atoms with Gasteiger partial charge in [-0.05, 0) is 0 Å². The summed E-state index contributed by atoms with van der Waals surface area (Å²) >= 11 is 0. The van der Waals surface area contributed by atoms with E-state index < -0.39 is 46.2 Å². The molecule has 0 fully saturated rings. The minimum absolute atomic E-state index is 0.347. The first-order valence-corrected chi connectivity index (χ1v) is 4.48. The fourth-order valence-electron chi connectivity index (χ4n) is 1.26. The summed E-state index contributed by atoms with van der Waals surface area (Å²) in [4.78, 5) is 32.8. The largest absolute Gasteiger partial charge is 0.573 e. The Morgan fingerprint density at radius 2 is 2.11 bits per heavy atom. The first kappa shape index (κ1) is 14.5. The Balaban J connectivity index is 3.45. The number of nitrogens with zero attached hydrogens (tertiary/aromatic N) is 1. The number of carboxylic acid groups (broad SMARTS) is 1. The number of alkyl halides is 3. The number of aromatic amines is 1. The SMILES string of the molecule is O=C(O)Cc1c([N+](=O)[O-])c(OC(F)(F)F)c[nH]c1=O. The first-order chi connectivity index (χ1) is 8.61. The van der Waals surface area contributed by atoms with Crippen LogP contribution in [0.25, 0.3) is 0 Å². The molecule has 0 bridgehead atoms. The van der Waals surface area contributed by atoms with E-state index in [1.54, 1.807) is 4.98 Å². The van der Waals surface area contributed by atoms with Crippen LogP contribution < -0.4 is 10.3 Å². The van der Waals surface area contributed by atoms with Gasteiger partial charge in [-0.25, -0.2) is 0 Å². The summed E-state index contributed by atoms with van der Waals surface area (Å²) in [6.07, 6.45) is -5.98. The van der Waals surface area contributed by atoms with E-state index in [1.807, 2.05) is 0 Å². The van der Waals surface area contributed by atoms with Crippen LogP contribution in [-0.2, 0) is 11.2 Å². The summed E-state index contributed by atoms with van der Waals surface area (Å²) in [5.74, 6) is -2.90. The number of hydrogen-bond acceptors (Lipinski definition) is 5. The lowest BCUT2D eigenvalue weighted by Gasteiger charge is -2.10. The second-order valence-electron chi connectivity index (χ2n) is 3.18.